The summed E-state index contributed by atoms with van der Waals surface area (Å²) < 4.78 is 5.59. The van der Waals surface area contributed by atoms with Gasteiger partial charge in [-0.25, -0.2) is 4.98 Å². The van der Waals surface area contributed by atoms with Crippen LogP contribution in [0.4, 0.5) is 0 Å². The lowest BCUT2D eigenvalue weighted by Crippen LogP contribution is -2.23. The monoisotopic (exact) mass is 400 g/mol. The molecule has 4 nitrogen and oxygen atoms in total. The molecule has 1 aromatic heterocycles. The highest BCUT2D eigenvalue weighted by Crippen LogP contribution is 2.26. The fourth-order valence-electron chi connectivity index (χ4n) is 2.56. The average Bonchev–Trinajstić information content (AvgIpc) is 3.14. The van der Waals surface area contributed by atoms with Crippen LogP contribution in [0.25, 0.3) is 10.6 Å². The molecule has 0 aliphatic heterocycles. The van der Waals surface area contributed by atoms with Crippen LogP contribution in [-0.2, 0) is 11.3 Å². The second-order valence-electron chi connectivity index (χ2n) is 6.14. The van der Waals surface area contributed by atoms with Gasteiger partial charge >= 0.3 is 0 Å². The van der Waals surface area contributed by atoms with Crippen molar-refractivity contribution in [3.63, 3.8) is 0 Å². The molecule has 0 atom stereocenters. The maximum absolute atomic E-state index is 12.0. The normalized spacial score (nSPS) is 10.6. The van der Waals surface area contributed by atoms with Crippen molar-refractivity contribution in [1.29, 1.82) is 0 Å². The fraction of sp³-hybridized carbons (Fsp3) is 0.238. The zero-order valence-electron chi connectivity index (χ0n) is 15.1. The number of benzene rings is 2. The molecule has 27 heavy (non-hydrogen) atoms. The van der Waals surface area contributed by atoms with Crippen molar-refractivity contribution in [2.24, 2.45) is 0 Å². The highest BCUT2D eigenvalue weighted by molar-refractivity contribution is 7.13. The van der Waals surface area contributed by atoms with Crippen LogP contribution in [0, 0.1) is 6.92 Å². The van der Waals surface area contributed by atoms with Crippen molar-refractivity contribution in [2.45, 2.75) is 26.3 Å². The van der Waals surface area contributed by atoms with Crippen LogP contribution in [0.5, 0.6) is 5.75 Å². The third-order valence-corrected chi connectivity index (χ3v) is 5.20. The van der Waals surface area contributed by atoms with Crippen LogP contribution in [0.2, 0.25) is 5.02 Å². The van der Waals surface area contributed by atoms with E-state index >= 15 is 0 Å². The molecule has 1 amide bonds. The summed E-state index contributed by atoms with van der Waals surface area (Å²) >= 11 is 7.43. The Balaban J connectivity index is 1.39. The molecule has 0 unspecified atom stereocenters. The first-order valence-electron chi connectivity index (χ1n) is 8.77. The summed E-state index contributed by atoms with van der Waals surface area (Å²) in [6.07, 6.45) is 1.07. The van der Waals surface area contributed by atoms with Gasteiger partial charge in [-0.1, -0.05) is 35.9 Å². The molecule has 0 spiro atoms. The van der Waals surface area contributed by atoms with E-state index in [0.29, 0.717) is 31.0 Å². The lowest BCUT2D eigenvalue weighted by molar-refractivity contribution is -0.121. The molecule has 0 saturated carbocycles. The Morgan fingerprint density at radius 3 is 2.74 bits per heavy atom. The molecular weight excluding hydrogens is 380 g/mol. The van der Waals surface area contributed by atoms with Gasteiger partial charge in [0, 0.05) is 22.4 Å². The SMILES string of the molecule is Cc1ccccc1-c1nc(CNC(=O)CCCOc2ccc(Cl)cc2)cs1. The largest absolute Gasteiger partial charge is 0.494 e. The molecule has 0 aliphatic rings. The van der Waals surface area contributed by atoms with E-state index in [-0.39, 0.29) is 5.91 Å². The van der Waals surface area contributed by atoms with Crippen LogP contribution in [0.15, 0.2) is 53.9 Å². The Morgan fingerprint density at radius 1 is 1.19 bits per heavy atom. The standard InChI is InChI=1S/C21H21ClN2O2S/c1-15-5-2-3-6-19(15)21-24-17(14-27-21)13-23-20(25)7-4-12-26-18-10-8-16(22)9-11-18/h2-3,5-6,8-11,14H,4,7,12-13H2,1H3,(H,23,25). The smallest absolute Gasteiger partial charge is 0.220 e. The van der Waals surface area contributed by atoms with E-state index in [4.69, 9.17) is 16.3 Å². The second kappa shape index (κ2) is 9.53. The van der Waals surface area contributed by atoms with Crippen molar-refractivity contribution in [3.05, 3.63) is 70.2 Å². The third-order valence-electron chi connectivity index (χ3n) is 4.02. The Hall–Kier alpha value is -2.37. The van der Waals surface area contributed by atoms with Crippen molar-refractivity contribution < 1.29 is 9.53 Å². The number of carbonyl (C=O) groups excluding carboxylic acids is 1. The van der Waals surface area contributed by atoms with E-state index in [1.807, 2.05) is 29.6 Å². The Morgan fingerprint density at radius 2 is 1.96 bits per heavy atom. The molecule has 0 saturated heterocycles. The summed E-state index contributed by atoms with van der Waals surface area (Å²) in [4.78, 5) is 16.6. The highest BCUT2D eigenvalue weighted by atomic mass is 35.5. The van der Waals surface area contributed by atoms with Gasteiger partial charge < -0.3 is 10.1 Å². The van der Waals surface area contributed by atoms with Gasteiger partial charge in [-0.3, -0.25) is 4.79 Å². The summed E-state index contributed by atoms with van der Waals surface area (Å²) in [6.45, 7) is 3.01. The molecule has 0 radical (unpaired) electrons. The van der Waals surface area contributed by atoms with E-state index in [0.717, 1.165) is 22.0 Å². The first-order valence-corrected chi connectivity index (χ1v) is 10.0. The number of thiazole rings is 1. The minimum atomic E-state index is 0.000137. The average molecular weight is 401 g/mol. The van der Waals surface area contributed by atoms with E-state index in [9.17, 15) is 4.79 Å². The Kier molecular flexibility index (Phi) is 6.85. The predicted octanol–water partition coefficient (Wildman–Crippen LogP) is 5.25. The van der Waals surface area contributed by atoms with Crippen molar-refractivity contribution >= 4 is 28.8 Å². The molecule has 0 aliphatic carbocycles. The van der Waals surface area contributed by atoms with Gasteiger partial charge in [0.2, 0.25) is 5.91 Å². The number of nitrogens with zero attached hydrogens (tertiary/aromatic N) is 1. The highest BCUT2D eigenvalue weighted by Gasteiger charge is 2.08. The zero-order chi connectivity index (χ0) is 19.1. The maximum Gasteiger partial charge on any atom is 0.220 e. The number of ether oxygens (including phenoxy) is 1. The van der Waals surface area contributed by atoms with E-state index in [1.54, 1.807) is 23.5 Å². The summed E-state index contributed by atoms with van der Waals surface area (Å²) in [5, 5.41) is 6.56. The van der Waals surface area contributed by atoms with Crippen LogP contribution in [0.3, 0.4) is 0 Å². The van der Waals surface area contributed by atoms with E-state index in [2.05, 4.69) is 29.4 Å². The quantitative estimate of drug-likeness (QED) is 0.525. The predicted molar refractivity (Wildman–Crippen MR) is 110 cm³/mol. The van der Waals surface area contributed by atoms with Gasteiger partial charge in [0.25, 0.3) is 0 Å². The van der Waals surface area contributed by atoms with Crippen LogP contribution >= 0.6 is 22.9 Å². The Labute approximate surface area is 168 Å². The fourth-order valence-corrected chi connectivity index (χ4v) is 3.59. The lowest BCUT2D eigenvalue weighted by Gasteiger charge is -2.06. The number of amides is 1. The first-order chi connectivity index (χ1) is 13.1. The first kappa shape index (κ1) is 19.4. The van der Waals surface area contributed by atoms with Gasteiger partial charge in [0.15, 0.2) is 0 Å². The molecule has 3 rings (SSSR count). The zero-order valence-corrected chi connectivity index (χ0v) is 16.6. The van der Waals surface area contributed by atoms with E-state index in [1.165, 1.54) is 5.56 Å². The summed E-state index contributed by atoms with van der Waals surface area (Å²) in [6, 6.07) is 15.4. The molecule has 140 valence electrons. The summed E-state index contributed by atoms with van der Waals surface area (Å²) in [7, 11) is 0. The van der Waals surface area contributed by atoms with Gasteiger partial charge in [0.05, 0.1) is 18.8 Å². The molecule has 0 fully saturated rings. The minimum Gasteiger partial charge on any atom is -0.494 e. The summed E-state index contributed by atoms with van der Waals surface area (Å²) in [5.74, 6) is 0.756. The second-order valence-corrected chi connectivity index (χ2v) is 7.44. The molecule has 6 heteroatoms. The molecule has 1 heterocycles. The van der Waals surface area contributed by atoms with Crippen molar-refractivity contribution in [3.8, 4) is 16.3 Å². The van der Waals surface area contributed by atoms with Crippen LogP contribution in [0.1, 0.15) is 24.1 Å². The van der Waals surface area contributed by atoms with E-state index < -0.39 is 0 Å². The van der Waals surface area contributed by atoms with Crippen molar-refractivity contribution in [1.82, 2.24) is 10.3 Å². The number of aryl methyl sites for hydroxylation is 1. The number of halogens is 1. The maximum atomic E-state index is 12.0. The molecule has 3 aromatic rings. The molecular formula is C21H21ClN2O2S. The van der Waals surface area contributed by atoms with Crippen molar-refractivity contribution in [2.75, 3.05) is 6.61 Å². The minimum absolute atomic E-state index is 0.000137. The number of aromatic nitrogens is 1. The van der Waals surface area contributed by atoms with Gasteiger partial charge in [-0.05, 0) is 43.2 Å². The van der Waals surface area contributed by atoms with Crippen LogP contribution in [-0.4, -0.2) is 17.5 Å². The number of hydrogen-bond acceptors (Lipinski definition) is 4. The number of carbonyl (C=O) groups is 1. The number of rotatable bonds is 8. The van der Waals surface area contributed by atoms with Crippen LogP contribution < -0.4 is 10.1 Å². The number of nitrogens with one attached hydrogen (secondary N) is 1. The molecule has 1 N–H and O–H groups in total. The summed E-state index contributed by atoms with van der Waals surface area (Å²) in [5.41, 5.74) is 3.21. The third kappa shape index (κ3) is 5.81. The number of hydrogen-bond donors (Lipinski definition) is 1. The molecule has 0 bridgehead atoms. The lowest BCUT2D eigenvalue weighted by atomic mass is 10.1. The Bertz CT molecular complexity index is 893. The molecule has 2 aromatic carbocycles. The van der Waals surface area contributed by atoms with Gasteiger partial charge in [-0.2, -0.15) is 0 Å². The van der Waals surface area contributed by atoms with Gasteiger partial charge in [-0.15, -0.1) is 11.3 Å². The van der Waals surface area contributed by atoms with Gasteiger partial charge in [0.1, 0.15) is 10.8 Å². The topological polar surface area (TPSA) is 51.2 Å².